The highest BCUT2D eigenvalue weighted by Gasteiger charge is 2.25. The minimum Gasteiger partial charge on any atom is -0.354 e. The molecule has 1 fully saturated rings. The van der Waals surface area contributed by atoms with Crippen LogP contribution in [0, 0.1) is 20.8 Å². The molecule has 1 aliphatic rings. The number of anilines is 1. The molecule has 3 aromatic rings. The Balaban J connectivity index is 1.63. The molecule has 1 aliphatic heterocycles. The first-order valence-corrected chi connectivity index (χ1v) is 8.61. The van der Waals surface area contributed by atoms with Gasteiger partial charge in [0.15, 0.2) is 0 Å². The van der Waals surface area contributed by atoms with Gasteiger partial charge < -0.3 is 9.88 Å². The Morgan fingerprint density at radius 1 is 1.17 bits per heavy atom. The minimum absolute atomic E-state index is 0.410. The topological polar surface area (TPSA) is 57.7 Å². The molecule has 1 N–H and O–H groups in total. The number of hydrogen-bond donors (Lipinski definition) is 1. The van der Waals surface area contributed by atoms with Crippen LogP contribution in [-0.2, 0) is 0 Å². The van der Waals surface area contributed by atoms with Crippen LogP contribution in [0.1, 0.15) is 41.5 Å². The third-order valence-corrected chi connectivity index (χ3v) is 4.81. The second-order valence-corrected chi connectivity index (χ2v) is 6.85. The molecule has 0 spiro atoms. The van der Waals surface area contributed by atoms with Crippen LogP contribution < -0.4 is 4.90 Å². The second kappa shape index (κ2) is 5.89. The zero-order valence-electron chi connectivity index (χ0n) is 14.5. The molecule has 1 aromatic carbocycles. The maximum absolute atomic E-state index is 4.83. The van der Waals surface area contributed by atoms with Crippen LogP contribution in [0.3, 0.4) is 0 Å². The van der Waals surface area contributed by atoms with E-state index in [4.69, 9.17) is 9.97 Å². The molecule has 1 saturated heterocycles. The number of aryl methyl sites for hydroxylation is 3. The normalized spacial score (nSPS) is 18.3. The zero-order valence-corrected chi connectivity index (χ0v) is 14.5. The lowest BCUT2D eigenvalue weighted by molar-refractivity contribution is 0.491. The van der Waals surface area contributed by atoms with Crippen LogP contribution >= 0.6 is 0 Å². The Morgan fingerprint density at radius 2 is 2.04 bits per heavy atom. The summed E-state index contributed by atoms with van der Waals surface area (Å²) in [5.41, 5.74) is 5.42. The summed E-state index contributed by atoms with van der Waals surface area (Å²) >= 11 is 0. The van der Waals surface area contributed by atoms with Crippen molar-refractivity contribution >= 4 is 16.9 Å². The maximum atomic E-state index is 4.83. The molecular formula is C19H23N5. The summed E-state index contributed by atoms with van der Waals surface area (Å²) in [6.45, 7) is 8.13. The van der Waals surface area contributed by atoms with Crippen LogP contribution in [-0.4, -0.2) is 33.0 Å². The zero-order chi connectivity index (χ0) is 16.7. The predicted octanol–water partition coefficient (Wildman–Crippen LogP) is 3.66. The summed E-state index contributed by atoms with van der Waals surface area (Å²) < 4.78 is 0. The van der Waals surface area contributed by atoms with Gasteiger partial charge in [-0.3, -0.25) is 4.98 Å². The Labute approximate surface area is 142 Å². The standard InChI is InChI=1S/C19H23N5/c1-12-6-7-16-17(9-12)23-18(22-16)15-5-4-8-24(11-15)19-14(3)20-10-13(2)21-19/h6-7,9-10,15H,4-5,8,11H2,1-3H3,(H,22,23). The summed E-state index contributed by atoms with van der Waals surface area (Å²) in [7, 11) is 0. The van der Waals surface area contributed by atoms with Gasteiger partial charge in [-0.05, 0) is 51.3 Å². The number of hydrogen-bond acceptors (Lipinski definition) is 4. The van der Waals surface area contributed by atoms with E-state index in [0.29, 0.717) is 5.92 Å². The Hall–Kier alpha value is -2.43. The van der Waals surface area contributed by atoms with Crippen molar-refractivity contribution in [2.24, 2.45) is 0 Å². The van der Waals surface area contributed by atoms with Crippen LogP contribution in [0.4, 0.5) is 5.82 Å². The molecule has 0 radical (unpaired) electrons. The van der Waals surface area contributed by atoms with Crippen molar-refractivity contribution in [3.8, 4) is 0 Å². The number of aromatic amines is 1. The van der Waals surface area contributed by atoms with E-state index in [9.17, 15) is 0 Å². The second-order valence-electron chi connectivity index (χ2n) is 6.85. The molecule has 5 heteroatoms. The van der Waals surface area contributed by atoms with E-state index < -0.39 is 0 Å². The highest BCUT2D eigenvalue weighted by Crippen LogP contribution is 2.30. The smallest absolute Gasteiger partial charge is 0.150 e. The Morgan fingerprint density at radius 3 is 2.92 bits per heavy atom. The lowest BCUT2D eigenvalue weighted by Gasteiger charge is -2.33. The van der Waals surface area contributed by atoms with Gasteiger partial charge in [-0.2, -0.15) is 0 Å². The molecule has 0 saturated carbocycles. The van der Waals surface area contributed by atoms with Gasteiger partial charge in [0.1, 0.15) is 11.6 Å². The lowest BCUT2D eigenvalue weighted by Crippen LogP contribution is -2.36. The van der Waals surface area contributed by atoms with Crippen LogP contribution in [0.25, 0.3) is 11.0 Å². The molecular weight excluding hydrogens is 298 g/mol. The first-order valence-electron chi connectivity index (χ1n) is 8.61. The predicted molar refractivity (Wildman–Crippen MR) is 96.5 cm³/mol. The molecule has 0 bridgehead atoms. The van der Waals surface area contributed by atoms with Gasteiger partial charge >= 0.3 is 0 Å². The van der Waals surface area contributed by atoms with Crippen molar-refractivity contribution in [2.45, 2.75) is 39.5 Å². The summed E-state index contributed by atoms with van der Waals surface area (Å²) in [5, 5.41) is 0. The van der Waals surface area contributed by atoms with E-state index in [-0.39, 0.29) is 0 Å². The molecule has 2 aromatic heterocycles. The van der Waals surface area contributed by atoms with Crippen molar-refractivity contribution in [1.82, 2.24) is 19.9 Å². The fourth-order valence-corrected chi connectivity index (χ4v) is 3.55. The van der Waals surface area contributed by atoms with Gasteiger partial charge in [-0.1, -0.05) is 6.07 Å². The summed E-state index contributed by atoms with van der Waals surface area (Å²) in [6, 6.07) is 6.38. The molecule has 3 heterocycles. The average molecular weight is 321 g/mol. The van der Waals surface area contributed by atoms with Crippen LogP contribution in [0.2, 0.25) is 0 Å². The lowest BCUT2D eigenvalue weighted by atomic mass is 9.97. The van der Waals surface area contributed by atoms with E-state index in [0.717, 1.165) is 60.0 Å². The number of fused-ring (bicyclic) bond motifs is 1. The molecule has 1 atom stereocenters. The molecule has 0 aliphatic carbocycles. The van der Waals surface area contributed by atoms with Crippen molar-refractivity contribution < 1.29 is 0 Å². The number of H-pyrrole nitrogens is 1. The van der Waals surface area contributed by atoms with Crippen molar-refractivity contribution in [1.29, 1.82) is 0 Å². The SMILES string of the molecule is Cc1ccc2nc(C3CCCN(c4nc(C)cnc4C)C3)[nH]c2c1. The molecule has 1 unspecified atom stereocenters. The maximum Gasteiger partial charge on any atom is 0.150 e. The summed E-state index contributed by atoms with van der Waals surface area (Å²) in [6.07, 6.45) is 4.14. The van der Waals surface area contributed by atoms with Crippen LogP contribution in [0.15, 0.2) is 24.4 Å². The van der Waals surface area contributed by atoms with E-state index in [1.807, 2.05) is 20.0 Å². The van der Waals surface area contributed by atoms with Gasteiger partial charge in [-0.15, -0.1) is 0 Å². The minimum atomic E-state index is 0.410. The number of rotatable bonds is 2. The highest BCUT2D eigenvalue weighted by atomic mass is 15.2. The summed E-state index contributed by atoms with van der Waals surface area (Å²) in [5.74, 6) is 2.53. The fourth-order valence-electron chi connectivity index (χ4n) is 3.55. The number of nitrogens with zero attached hydrogens (tertiary/aromatic N) is 4. The number of imidazole rings is 1. The third kappa shape index (κ3) is 2.75. The number of piperidine rings is 1. The van der Waals surface area contributed by atoms with Crippen molar-refractivity contribution in [2.75, 3.05) is 18.0 Å². The largest absolute Gasteiger partial charge is 0.354 e. The van der Waals surface area contributed by atoms with Crippen molar-refractivity contribution in [3.05, 3.63) is 47.2 Å². The van der Waals surface area contributed by atoms with Gasteiger partial charge in [0.05, 0.1) is 22.4 Å². The van der Waals surface area contributed by atoms with Gasteiger partial charge in [0, 0.05) is 25.2 Å². The van der Waals surface area contributed by atoms with E-state index >= 15 is 0 Å². The number of benzene rings is 1. The Bertz CT molecular complexity index is 883. The van der Waals surface area contributed by atoms with Crippen molar-refractivity contribution in [3.63, 3.8) is 0 Å². The Kier molecular flexibility index (Phi) is 3.71. The van der Waals surface area contributed by atoms with Crippen LogP contribution in [0.5, 0.6) is 0 Å². The molecule has 4 rings (SSSR count). The van der Waals surface area contributed by atoms with Gasteiger partial charge in [0.25, 0.3) is 0 Å². The van der Waals surface area contributed by atoms with Gasteiger partial charge in [-0.25, -0.2) is 9.97 Å². The summed E-state index contributed by atoms with van der Waals surface area (Å²) in [4.78, 5) is 19.9. The third-order valence-electron chi connectivity index (χ3n) is 4.81. The van der Waals surface area contributed by atoms with E-state index in [1.165, 1.54) is 5.56 Å². The number of aromatic nitrogens is 4. The van der Waals surface area contributed by atoms with E-state index in [1.54, 1.807) is 0 Å². The number of nitrogens with one attached hydrogen (secondary N) is 1. The molecule has 0 amide bonds. The fraction of sp³-hybridized carbons (Fsp3) is 0.421. The first-order chi connectivity index (χ1) is 11.6. The molecule has 24 heavy (non-hydrogen) atoms. The average Bonchev–Trinajstić information content (AvgIpc) is 3.00. The van der Waals surface area contributed by atoms with Gasteiger partial charge in [0.2, 0.25) is 0 Å². The molecule has 5 nitrogen and oxygen atoms in total. The van der Waals surface area contributed by atoms with E-state index in [2.05, 4.69) is 40.0 Å². The monoisotopic (exact) mass is 321 g/mol. The highest BCUT2D eigenvalue weighted by molar-refractivity contribution is 5.76. The quantitative estimate of drug-likeness (QED) is 0.782. The molecule has 124 valence electrons. The first kappa shape index (κ1) is 15.1.